The minimum absolute atomic E-state index is 0.158. The van der Waals surface area contributed by atoms with E-state index < -0.39 is 11.9 Å². The molecule has 0 aliphatic heterocycles. The Hall–Kier alpha value is -2.99. The Labute approximate surface area is 199 Å². The summed E-state index contributed by atoms with van der Waals surface area (Å²) in [7, 11) is 2.87. The van der Waals surface area contributed by atoms with Gasteiger partial charge in [-0.05, 0) is 37.5 Å². The maximum absolute atomic E-state index is 13.1. The van der Waals surface area contributed by atoms with Crippen molar-refractivity contribution >= 4 is 34.3 Å². The average molecular weight is 473 g/mol. The molecule has 1 aliphatic carbocycles. The first-order valence-corrected chi connectivity index (χ1v) is 11.4. The molecule has 0 amide bonds. The van der Waals surface area contributed by atoms with Crippen molar-refractivity contribution in [3.63, 3.8) is 0 Å². The molecule has 0 radical (unpaired) electrons. The van der Waals surface area contributed by atoms with Crippen molar-refractivity contribution in [1.29, 1.82) is 0 Å². The first-order valence-electron chi connectivity index (χ1n) is 11.0. The minimum Gasteiger partial charge on any atom is -0.490 e. The van der Waals surface area contributed by atoms with E-state index in [1.807, 2.05) is 19.1 Å². The van der Waals surface area contributed by atoms with E-state index in [-0.39, 0.29) is 41.3 Å². The van der Waals surface area contributed by atoms with Crippen LogP contribution >= 0.6 is 11.6 Å². The summed E-state index contributed by atoms with van der Waals surface area (Å²) >= 11 is 6.25. The molecule has 3 rings (SSSR count). The highest BCUT2D eigenvalue weighted by Gasteiger charge is 2.32. The summed E-state index contributed by atoms with van der Waals surface area (Å²) in [4.78, 5) is 25.4. The van der Waals surface area contributed by atoms with E-state index in [1.54, 1.807) is 18.2 Å². The number of allylic oxidation sites excluding steroid dienone is 4. The van der Waals surface area contributed by atoms with Crippen molar-refractivity contribution in [2.75, 3.05) is 14.2 Å². The molecular formula is C26H29ClO6. The van der Waals surface area contributed by atoms with E-state index in [2.05, 4.69) is 19.1 Å². The second kappa shape index (κ2) is 10.8. The van der Waals surface area contributed by atoms with Gasteiger partial charge in [-0.25, -0.2) is 0 Å². The standard InChI is InChI=1S/C26H29ClO6/c1-5-10-20(28)32-23-19-15-17(27)11-12-18(19)22(24(30-3)25(23)31-4)33-21(29)16-26(6-2)13-8-7-9-14-26/h7-9,11-13,15H,5-6,10,14,16H2,1-4H3. The number of rotatable bonds is 9. The molecule has 2 aromatic rings. The van der Waals surface area contributed by atoms with Gasteiger partial charge < -0.3 is 18.9 Å². The van der Waals surface area contributed by atoms with Crippen LogP contribution in [0.3, 0.4) is 0 Å². The first-order chi connectivity index (χ1) is 15.9. The molecule has 0 saturated carbocycles. The van der Waals surface area contributed by atoms with Gasteiger partial charge in [0.05, 0.1) is 20.6 Å². The number of carbonyl (C=O) groups is 2. The minimum atomic E-state index is -0.411. The molecule has 176 valence electrons. The third-order valence-corrected chi connectivity index (χ3v) is 6.04. The van der Waals surface area contributed by atoms with Gasteiger partial charge in [-0.15, -0.1) is 0 Å². The number of hydrogen-bond acceptors (Lipinski definition) is 6. The fourth-order valence-electron chi connectivity index (χ4n) is 3.96. The van der Waals surface area contributed by atoms with Gasteiger partial charge in [0.15, 0.2) is 11.5 Å². The van der Waals surface area contributed by atoms with Gasteiger partial charge in [0.1, 0.15) is 0 Å². The van der Waals surface area contributed by atoms with E-state index >= 15 is 0 Å². The molecule has 6 nitrogen and oxygen atoms in total. The zero-order chi connectivity index (χ0) is 24.0. The Morgan fingerprint density at radius 1 is 0.939 bits per heavy atom. The van der Waals surface area contributed by atoms with Crippen molar-refractivity contribution in [1.82, 2.24) is 0 Å². The van der Waals surface area contributed by atoms with E-state index in [4.69, 9.17) is 30.5 Å². The lowest BCUT2D eigenvalue weighted by molar-refractivity contribution is -0.137. The smallest absolute Gasteiger partial charge is 0.312 e. The third-order valence-electron chi connectivity index (χ3n) is 5.81. The van der Waals surface area contributed by atoms with Gasteiger partial charge in [0, 0.05) is 27.6 Å². The fourth-order valence-corrected chi connectivity index (χ4v) is 4.13. The van der Waals surface area contributed by atoms with Crippen LogP contribution in [0, 0.1) is 5.41 Å². The maximum Gasteiger partial charge on any atom is 0.312 e. The molecule has 7 heteroatoms. The molecule has 2 aromatic carbocycles. The van der Waals surface area contributed by atoms with Crippen LogP contribution in [0.2, 0.25) is 5.02 Å². The van der Waals surface area contributed by atoms with Crippen molar-refractivity contribution in [3.8, 4) is 23.0 Å². The number of benzene rings is 2. The van der Waals surface area contributed by atoms with Gasteiger partial charge in [-0.3, -0.25) is 9.59 Å². The van der Waals surface area contributed by atoms with E-state index in [0.29, 0.717) is 22.2 Å². The van der Waals surface area contributed by atoms with Crippen LogP contribution in [0.1, 0.15) is 46.0 Å². The Bertz CT molecular complexity index is 1100. The molecule has 0 heterocycles. The summed E-state index contributed by atoms with van der Waals surface area (Å²) < 4.78 is 22.7. The van der Waals surface area contributed by atoms with Crippen LogP contribution in [-0.4, -0.2) is 26.2 Å². The summed E-state index contributed by atoms with van der Waals surface area (Å²) in [6, 6.07) is 5.03. The van der Waals surface area contributed by atoms with Gasteiger partial charge in [-0.1, -0.05) is 49.8 Å². The van der Waals surface area contributed by atoms with Crippen molar-refractivity contribution in [2.45, 2.75) is 46.0 Å². The molecule has 1 atom stereocenters. The van der Waals surface area contributed by atoms with E-state index in [1.165, 1.54) is 14.2 Å². The fraction of sp³-hybridized carbons (Fsp3) is 0.385. The van der Waals surface area contributed by atoms with Gasteiger partial charge >= 0.3 is 11.9 Å². The summed E-state index contributed by atoms with van der Waals surface area (Å²) in [5.41, 5.74) is -0.294. The monoisotopic (exact) mass is 472 g/mol. The quantitative estimate of drug-likeness (QED) is 0.309. The molecule has 0 spiro atoms. The lowest BCUT2D eigenvalue weighted by Gasteiger charge is -2.29. The van der Waals surface area contributed by atoms with E-state index in [9.17, 15) is 9.59 Å². The highest BCUT2D eigenvalue weighted by molar-refractivity contribution is 6.31. The van der Waals surface area contributed by atoms with Gasteiger partial charge in [0.25, 0.3) is 0 Å². The van der Waals surface area contributed by atoms with Crippen LogP contribution in [-0.2, 0) is 9.59 Å². The predicted octanol–water partition coefficient (Wildman–Crippen LogP) is 6.42. The maximum atomic E-state index is 13.1. The predicted molar refractivity (Wildman–Crippen MR) is 128 cm³/mol. The zero-order valence-electron chi connectivity index (χ0n) is 19.4. The Kier molecular flexibility index (Phi) is 8.03. The highest BCUT2D eigenvalue weighted by atomic mass is 35.5. The zero-order valence-corrected chi connectivity index (χ0v) is 20.2. The lowest BCUT2D eigenvalue weighted by atomic mass is 9.76. The topological polar surface area (TPSA) is 71.1 Å². The Morgan fingerprint density at radius 3 is 2.18 bits per heavy atom. The molecule has 1 aliphatic rings. The number of methoxy groups -OCH3 is 2. The molecule has 33 heavy (non-hydrogen) atoms. The largest absolute Gasteiger partial charge is 0.490 e. The molecule has 1 unspecified atom stereocenters. The van der Waals surface area contributed by atoms with Crippen LogP contribution < -0.4 is 18.9 Å². The summed E-state index contributed by atoms with van der Waals surface area (Å²) in [5, 5.41) is 1.44. The van der Waals surface area contributed by atoms with Crippen LogP contribution in [0.15, 0.2) is 42.5 Å². The Morgan fingerprint density at radius 2 is 1.61 bits per heavy atom. The number of fused-ring (bicyclic) bond motifs is 1. The number of halogens is 1. The number of hydrogen-bond donors (Lipinski definition) is 0. The average Bonchev–Trinajstić information content (AvgIpc) is 2.80. The second-order valence-electron chi connectivity index (χ2n) is 8.00. The molecular weight excluding hydrogens is 444 g/mol. The number of carbonyl (C=O) groups excluding carboxylic acids is 2. The second-order valence-corrected chi connectivity index (χ2v) is 8.43. The molecule has 0 aromatic heterocycles. The van der Waals surface area contributed by atoms with E-state index in [0.717, 1.165) is 12.8 Å². The lowest BCUT2D eigenvalue weighted by Crippen LogP contribution is -2.25. The molecule has 0 saturated heterocycles. The summed E-state index contributed by atoms with van der Waals surface area (Å²) in [6.07, 6.45) is 10.7. The van der Waals surface area contributed by atoms with Crippen LogP contribution in [0.4, 0.5) is 0 Å². The Balaban J connectivity index is 2.09. The van der Waals surface area contributed by atoms with Gasteiger partial charge in [-0.2, -0.15) is 0 Å². The number of ether oxygens (including phenoxy) is 4. The summed E-state index contributed by atoms with van der Waals surface area (Å²) in [6.45, 7) is 3.94. The summed E-state index contributed by atoms with van der Waals surface area (Å²) in [5.74, 6) is -0.108. The van der Waals surface area contributed by atoms with Gasteiger partial charge in [0.2, 0.25) is 11.5 Å². The SMILES string of the molecule is CCCC(=O)Oc1c(OC)c(OC)c(OC(=O)CC2(CC)C=CC=CC2)c2ccc(Cl)cc12. The normalized spacial score (nSPS) is 17.1. The molecule has 0 fully saturated rings. The molecule has 0 N–H and O–H groups in total. The van der Waals surface area contributed by atoms with Crippen LogP contribution in [0.5, 0.6) is 23.0 Å². The van der Waals surface area contributed by atoms with Crippen LogP contribution in [0.25, 0.3) is 10.8 Å². The molecule has 0 bridgehead atoms. The number of esters is 2. The highest BCUT2D eigenvalue weighted by Crippen LogP contribution is 2.52. The van der Waals surface area contributed by atoms with Crippen molar-refractivity contribution in [3.05, 3.63) is 47.5 Å². The van der Waals surface area contributed by atoms with Crippen molar-refractivity contribution in [2.24, 2.45) is 5.41 Å². The first kappa shape index (κ1) is 24.6. The third kappa shape index (κ3) is 5.33. The van der Waals surface area contributed by atoms with Crippen molar-refractivity contribution < 1.29 is 28.5 Å².